The van der Waals surface area contributed by atoms with E-state index < -0.39 is 17.8 Å². The van der Waals surface area contributed by atoms with Gasteiger partial charge in [-0.25, -0.2) is 0 Å². The topological polar surface area (TPSA) is 66.4 Å². The van der Waals surface area contributed by atoms with Gasteiger partial charge in [0.15, 0.2) is 0 Å². The second-order valence-corrected chi connectivity index (χ2v) is 4.16. The van der Waals surface area contributed by atoms with Crippen molar-refractivity contribution >= 4 is 23.5 Å². The predicted molar refractivity (Wildman–Crippen MR) is 58.3 cm³/mol. The maximum atomic E-state index is 11.3. The fourth-order valence-corrected chi connectivity index (χ4v) is 2.05. The summed E-state index contributed by atoms with van der Waals surface area (Å²) in [7, 11) is 0. The van der Waals surface area contributed by atoms with Gasteiger partial charge in [-0.2, -0.15) is 0 Å². The van der Waals surface area contributed by atoms with E-state index in [0.29, 0.717) is 11.6 Å². The van der Waals surface area contributed by atoms with E-state index in [1.54, 1.807) is 24.3 Å². The smallest absolute Gasteiger partial charge is 0.316 e. The molecular formula is C11H10ClNO3. The Labute approximate surface area is 97.2 Å². The van der Waals surface area contributed by atoms with Gasteiger partial charge in [-0.1, -0.05) is 23.7 Å². The second kappa shape index (κ2) is 4.14. The van der Waals surface area contributed by atoms with Gasteiger partial charge in [-0.15, -0.1) is 0 Å². The summed E-state index contributed by atoms with van der Waals surface area (Å²) >= 11 is 5.75. The molecule has 1 aliphatic heterocycles. The van der Waals surface area contributed by atoms with Gasteiger partial charge in [0.25, 0.3) is 0 Å². The first-order chi connectivity index (χ1) is 7.59. The molecule has 0 bridgehead atoms. The molecule has 1 aromatic carbocycles. The first kappa shape index (κ1) is 11.0. The highest BCUT2D eigenvalue weighted by Gasteiger charge is 2.40. The van der Waals surface area contributed by atoms with Gasteiger partial charge in [0, 0.05) is 17.5 Å². The third-order valence-corrected chi connectivity index (χ3v) is 3.00. The van der Waals surface area contributed by atoms with Crippen molar-refractivity contribution < 1.29 is 14.7 Å². The molecule has 1 saturated heterocycles. The first-order valence-corrected chi connectivity index (χ1v) is 5.23. The van der Waals surface area contributed by atoms with Gasteiger partial charge in [0.1, 0.15) is 5.92 Å². The number of hydrogen-bond donors (Lipinski definition) is 2. The lowest BCUT2D eigenvalue weighted by molar-refractivity contribution is -0.145. The van der Waals surface area contributed by atoms with Crippen LogP contribution in [0.4, 0.5) is 0 Å². The summed E-state index contributed by atoms with van der Waals surface area (Å²) in [6.07, 6.45) is 0. The zero-order chi connectivity index (χ0) is 11.7. The Morgan fingerprint density at radius 3 is 2.56 bits per heavy atom. The van der Waals surface area contributed by atoms with Gasteiger partial charge in [0.05, 0.1) is 0 Å². The highest BCUT2D eigenvalue weighted by molar-refractivity contribution is 6.30. The average Bonchev–Trinajstić information content (AvgIpc) is 2.61. The van der Waals surface area contributed by atoms with Crippen LogP contribution in [0.2, 0.25) is 5.02 Å². The molecule has 2 rings (SSSR count). The summed E-state index contributed by atoms with van der Waals surface area (Å²) in [5.74, 6) is -2.83. The summed E-state index contributed by atoms with van der Waals surface area (Å²) in [6.45, 7) is 0.359. The minimum Gasteiger partial charge on any atom is -0.481 e. The lowest BCUT2D eigenvalue weighted by Crippen LogP contribution is -2.26. The molecule has 5 heteroatoms. The molecule has 84 valence electrons. The van der Waals surface area contributed by atoms with Gasteiger partial charge in [-0.3, -0.25) is 9.59 Å². The third-order valence-electron chi connectivity index (χ3n) is 2.75. The average molecular weight is 240 g/mol. The number of carboxylic acid groups (broad SMARTS) is 1. The van der Waals surface area contributed by atoms with Crippen LogP contribution in [0.15, 0.2) is 24.3 Å². The van der Waals surface area contributed by atoms with E-state index in [-0.39, 0.29) is 5.92 Å². The summed E-state index contributed by atoms with van der Waals surface area (Å²) in [4.78, 5) is 22.3. The molecule has 4 nitrogen and oxygen atoms in total. The van der Waals surface area contributed by atoms with E-state index in [1.807, 2.05) is 0 Å². The van der Waals surface area contributed by atoms with Gasteiger partial charge >= 0.3 is 5.97 Å². The van der Waals surface area contributed by atoms with Crippen molar-refractivity contribution in [3.05, 3.63) is 34.9 Å². The van der Waals surface area contributed by atoms with Gasteiger partial charge in [0.2, 0.25) is 5.91 Å². The Kier molecular flexibility index (Phi) is 2.83. The molecule has 1 fully saturated rings. The normalized spacial score (nSPS) is 24.2. The van der Waals surface area contributed by atoms with Crippen LogP contribution in [0, 0.1) is 5.92 Å². The number of hydrogen-bond acceptors (Lipinski definition) is 2. The standard InChI is InChI=1S/C11H10ClNO3/c12-7-3-1-6(2-4-7)8-5-13-10(14)9(8)11(15)16/h1-4,8-9H,5H2,(H,13,14)(H,15,16)/t8-,9?/m0/s1. The highest BCUT2D eigenvalue weighted by atomic mass is 35.5. The van der Waals surface area contributed by atoms with Crippen molar-refractivity contribution in [2.45, 2.75) is 5.92 Å². The lowest BCUT2D eigenvalue weighted by Gasteiger charge is -2.13. The number of halogens is 1. The molecule has 0 aromatic heterocycles. The number of rotatable bonds is 2. The number of nitrogens with one attached hydrogen (secondary N) is 1. The molecule has 16 heavy (non-hydrogen) atoms. The largest absolute Gasteiger partial charge is 0.481 e. The molecule has 0 aliphatic carbocycles. The maximum Gasteiger partial charge on any atom is 0.316 e. The van der Waals surface area contributed by atoms with Crippen molar-refractivity contribution in [1.29, 1.82) is 0 Å². The van der Waals surface area contributed by atoms with Crippen molar-refractivity contribution in [1.82, 2.24) is 5.32 Å². The molecule has 0 radical (unpaired) electrons. The Hall–Kier alpha value is -1.55. The molecule has 1 amide bonds. The maximum absolute atomic E-state index is 11.3. The molecule has 0 spiro atoms. The van der Waals surface area contributed by atoms with Crippen molar-refractivity contribution in [2.75, 3.05) is 6.54 Å². The van der Waals surface area contributed by atoms with Crippen LogP contribution in [-0.2, 0) is 9.59 Å². The monoisotopic (exact) mass is 239 g/mol. The van der Waals surface area contributed by atoms with Crippen LogP contribution in [0.25, 0.3) is 0 Å². The van der Waals surface area contributed by atoms with Crippen LogP contribution >= 0.6 is 11.6 Å². The zero-order valence-corrected chi connectivity index (χ0v) is 9.07. The van der Waals surface area contributed by atoms with E-state index in [0.717, 1.165) is 5.56 Å². The molecule has 1 aromatic rings. The second-order valence-electron chi connectivity index (χ2n) is 3.72. The minimum absolute atomic E-state index is 0.317. The van der Waals surface area contributed by atoms with Crippen LogP contribution in [0.3, 0.4) is 0 Å². The van der Waals surface area contributed by atoms with Crippen LogP contribution in [-0.4, -0.2) is 23.5 Å². The lowest BCUT2D eigenvalue weighted by atomic mass is 9.89. The molecule has 1 unspecified atom stereocenters. The first-order valence-electron chi connectivity index (χ1n) is 4.85. The fraction of sp³-hybridized carbons (Fsp3) is 0.273. The summed E-state index contributed by atoms with van der Waals surface area (Å²) in [6, 6.07) is 6.89. The summed E-state index contributed by atoms with van der Waals surface area (Å²) in [5, 5.41) is 12.1. The van der Waals surface area contributed by atoms with Crippen molar-refractivity contribution in [3.63, 3.8) is 0 Å². The Balaban J connectivity index is 2.30. The summed E-state index contributed by atoms with van der Waals surface area (Å²) in [5.41, 5.74) is 0.815. The van der Waals surface area contributed by atoms with Gasteiger partial charge in [-0.05, 0) is 17.7 Å². The number of carboxylic acids is 1. The Morgan fingerprint density at radius 2 is 2.00 bits per heavy atom. The number of aliphatic carboxylic acids is 1. The van der Waals surface area contributed by atoms with Gasteiger partial charge < -0.3 is 10.4 Å². The Bertz CT molecular complexity index is 429. The van der Waals surface area contributed by atoms with Crippen LogP contribution in [0.1, 0.15) is 11.5 Å². The molecule has 1 heterocycles. The van der Waals surface area contributed by atoms with E-state index in [1.165, 1.54) is 0 Å². The van der Waals surface area contributed by atoms with E-state index in [4.69, 9.17) is 16.7 Å². The molecular weight excluding hydrogens is 230 g/mol. The van der Waals surface area contributed by atoms with Crippen molar-refractivity contribution in [2.24, 2.45) is 5.92 Å². The van der Waals surface area contributed by atoms with E-state index >= 15 is 0 Å². The number of amides is 1. The molecule has 0 saturated carbocycles. The van der Waals surface area contributed by atoms with Crippen molar-refractivity contribution in [3.8, 4) is 0 Å². The number of benzene rings is 1. The molecule has 1 aliphatic rings. The molecule has 2 atom stereocenters. The highest BCUT2D eigenvalue weighted by Crippen LogP contribution is 2.29. The predicted octanol–water partition coefficient (Wildman–Crippen LogP) is 1.25. The number of carbonyl (C=O) groups is 2. The zero-order valence-electron chi connectivity index (χ0n) is 8.31. The van der Waals surface area contributed by atoms with Crippen LogP contribution < -0.4 is 5.32 Å². The third kappa shape index (κ3) is 1.88. The number of carbonyl (C=O) groups excluding carboxylic acids is 1. The fourth-order valence-electron chi connectivity index (χ4n) is 1.93. The van der Waals surface area contributed by atoms with E-state index in [2.05, 4.69) is 5.32 Å². The Morgan fingerprint density at radius 1 is 1.38 bits per heavy atom. The quantitative estimate of drug-likeness (QED) is 0.764. The summed E-state index contributed by atoms with van der Waals surface area (Å²) < 4.78 is 0. The molecule has 2 N–H and O–H groups in total. The minimum atomic E-state index is -1.09. The van der Waals surface area contributed by atoms with E-state index in [9.17, 15) is 9.59 Å². The van der Waals surface area contributed by atoms with Crippen LogP contribution in [0.5, 0.6) is 0 Å². The SMILES string of the molecule is O=C(O)C1C(=O)NC[C@H]1c1ccc(Cl)cc1.